The molecule has 1 aliphatic rings. The quantitative estimate of drug-likeness (QED) is 0.714. The lowest BCUT2D eigenvalue weighted by atomic mass is 10.2. The Balaban J connectivity index is 1.97. The van der Waals surface area contributed by atoms with Crippen LogP contribution >= 0.6 is 0 Å². The zero-order valence-corrected chi connectivity index (χ0v) is 8.27. The first-order valence-electron chi connectivity index (χ1n) is 4.92. The lowest BCUT2D eigenvalue weighted by molar-refractivity contribution is 0.683. The Hall–Kier alpha value is -1.23. The maximum atomic E-state index is 5.81. The predicted octanol–water partition coefficient (Wildman–Crippen LogP) is 0.472. The fourth-order valence-electron chi connectivity index (χ4n) is 1.78. The summed E-state index contributed by atoms with van der Waals surface area (Å²) in [6, 6.07) is 0.735. The molecule has 2 atom stereocenters. The Morgan fingerprint density at radius 2 is 2.36 bits per heavy atom. The van der Waals surface area contributed by atoms with Crippen LogP contribution < -0.4 is 11.1 Å². The molecule has 0 spiro atoms. The van der Waals surface area contributed by atoms with Crippen molar-refractivity contribution in [2.75, 3.05) is 5.32 Å². The first-order chi connectivity index (χ1) is 6.74. The molecule has 1 saturated carbocycles. The molecule has 14 heavy (non-hydrogen) atoms. The van der Waals surface area contributed by atoms with E-state index in [0.29, 0.717) is 18.0 Å². The number of hydrogen-bond donors (Lipinski definition) is 2. The van der Waals surface area contributed by atoms with Crippen molar-refractivity contribution in [3.63, 3.8) is 0 Å². The summed E-state index contributed by atoms with van der Waals surface area (Å²) < 4.78 is 0. The lowest BCUT2D eigenvalue weighted by Gasteiger charge is -2.11. The Bertz CT molecular complexity index is 314. The van der Waals surface area contributed by atoms with Crippen LogP contribution in [0.2, 0.25) is 0 Å². The van der Waals surface area contributed by atoms with Gasteiger partial charge in [0, 0.05) is 12.1 Å². The van der Waals surface area contributed by atoms with Gasteiger partial charge in [0.25, 0.3) is 0 Å². The minimum atomic E-state index is 0.324. The van der Waals surface area contributed by atoms with E-state index in [4.69, 9.17) is 5.73 Å². The van der Waals surface area contributed by atoms with E-state index in [-0.39, 0.29) is 0 Å². The molecular weight excluding hydrogens is 178 g/mol. The van der Waals surface area contributed by atoms with Crippen molar-refractivity contribution in [3.8, 4) is 0 Å². The van der Waals surface area contributed by atoms with Gasteiger partial charge in [-0.2, -0.15) is 5.10 Å². The average molecular weight is 193 g/mol. The van der Waals surface area contributed by atoms with Crippen LogP contribution in [-0.4, -0.2) is 27.3 Å². The van der Waals surface area contributed by atoms with E-state index in [1.54, 1.807) is 6.20 Å². The predicted molar refractivity (Wildman–Crippen MR) is 53.8 cm³/mol. The van der Waals surface area contributed by atoms with Crippen LogP contribution in [0.4, 0.5) is 5.95 Å². The fraction of sp³-hybridized carbons (Fsp3) is 0.667. The molecule has 2 rings (SSSR count). The fourth-order valence-corrected chi connectivity index (χ4v) is 1.78. The van der Waals surface area contributed by atoms with Crippen LogP contribution in [0.25, 0.3) is 0 Å². The summed E-state index contributed by atoms with van der Waals surface area (Å²) in [7, 11) is 0. The van der Waals surface area contributed by atoms with Crippen LogP contribution in [0.3, 0.4) is 0 Å². The first-order valence-corrected chi connectivity index (χ1v) is 4.92. The summed E-state index contributed by atoms with van der Waals surface area (Å²) in [6.45, 7) is 1.90. The van der Waals surface area contributed by atoms with Crippen molar-refractivity contribution in [1.29, 1.82) is 0 Å². The normalized spacial score (nSPS) is 26.4. The molecule has 1 aromatic rings. The maximum Gasteiger partial charge on any atom is 0.243 e. The van der Waals surface area contributed by atoms with Gasteiger partial charge in [-0.25, -0.2) is 4.98 Å². The molecule has 0 saturated heterocycles. The van der Waals surface area contributed by atoms with E-state index in [0.717, 1.165) is 25.0 Å². The van der Waals surface area contributed by atoms with Crippen LogP contribution in [0.1, 0.15) is 25.0 Å². The molecule has 1 aromatic heterocycles. The Morgan fingerprint density at radius 1 is 1.50 bits per heavy atom. The smallest absolute Gasteiger partial charge is 0.243 e. The van der Waals surface area contributed by atoms with Gasteiger partial charge >= 0.3 is 0 Å². The van der Waals surface area contributed by atoms with E-state index in [1.807, 2.05) is 6.92 Å². The van der Waals surface area contributed by atoms with E-state index in [2.05, 4.69) is 20.5 Å². The molecule has 0 aliphatic heterocycles. The average Bonchev–Trinajstić information content (AvgIpc) is 2.51. The minimum Gasteiger partial charge on any atom is -0.350 e. The van der Waals surface area contributed by atoms with Crippen molar-refractivity contribution >= 4 is 5.95 Å². The third-order valence-electron chi connectivity index (χ3n) is 2.49. The van der Waals surface area contributed by atoms with Gasteiger partial charge in [0.05, 0.1) is 11.9 Å². The number of nitrogens with one attached hydrogen (secondary N) is 1. The monoisotopic (exact) mass is 193 g/mol. The number of rotatable bonds is 2. The largest absolute Gasteiger partial charge is 0.350 e. The van der Waals surface area contributed by atoms with E-state index >= 15 is 0 Å². The Morgan fingerprint density at radius 3 is 3.00 bits per heavy atom. The first kappa shape index (κ1) is 9.33. The number of aryl methyl sites for hydroxylation is 1. The number of nitrogens with zero attached hydrogens (tertiary/aromatic N) is 3. The molecule has 1 heterocycles. The van der Waals surface area contributed by atoms with Crippen molar-refractivity contribution in [3.05, 3.63) is 11.9 Å². The van der Waals surface area contributed by atoms with Gasteiger partial charge < -0.3 is 11.1 Å². The van der Waals surface area contributed by atoms with Crippen LogP contribution in [-0.2, 0) is 0 Å². The number of hydrogen-bond acceptors (Lipinski definition) is 5. The number of nitrogens with two attached hydrogens (primary N) is 1. The number of aromatic nitrogens is 3. The SMILES string of the molecule is Cc1cnnc(N[C@H]2CC[C@H](N)C2)n1. The van der Waals surface area contributed by atoms with E-state index in [9.17, 15) is 0 Å². The third kappa shape index (κ3) is 2.17. The van der Waals surface area contributed by atoms with Gasteiger partial charge in [0.15, 0.2) is 0 Å². The third-order valence-corrected chi connectivity index (χ3v) is 2.49. The lowest BCUT2D eigenvalue weighted by Crippen LogP contribution is -2.22. The summed E-state index contributed by atoms with van der Waals surface area (Å²) in [5.74, 6) is 0.615. The second kappa shape index (κ2) is 3.88. The van der Waals surface area contributed by atoms with Gasteiger partial charge in [0.2, 0.25) is 5.95 Å². The summed E-state index contributed by atoms with van der Waals surface area (Å²) in [4.78, 5) is 4.24. The molecule has 1 fully saturated rings. The topological polar surface area (TPSA) is 76.7 Å². The highest BCUT2D eigenvalue weighted by Gasteiger charge is 2.22. The molecule has 1 aliphatic carbocycles. The van der Waals surface area contributed by atoms with Crippen molar-refractivity contribution in [1.82, 2.24) is 15.2 Å². The molecule has 5 nitrogen and oxygen atoms in total. The van der Waals surface area contributed by atoms with Crippen LogP contribution in [0.15, 0.2) is 6.20 Å². The number of anilines is 1. The second-order valence-corrected chi connectivity index (χ2v) is 3.84. The summed E-state index contributed by atoms with van der Waals surface area (Å²) in [6.07, 6.45) is 4.82. The Labute approximate surface area is 83.1 Å². The summed E-state index contributed by atoms with van der Waals surface area (Å²) >= 11 is 0. The summed E-state index contributed by atoms with van der Waals surface area (Å²) in [5.41, 5.74) is 6.69. The maximum absolute atomic E-state index is 5.81. The Kier molecular flexibility index (Phi) is 2.58. The van der Waals surface area contributed by atoms with E-state index < -0.39 is 0 Å². The van der Waals surface area contributed by atoms with Gasteiger partial charge in [0.1, 0.15) is 0 Å². The minimum absolute atomic E-state index is 0.324. The van der Waals surface area contributed by atoms with Gasteiger partial charge in [-0.15, -0.1) is 5.10 Å². The molecule has 0 unspecified atom stereocenters. The molecule has 0 amide bonds. The highest BCUT2D eigenvalue weighted by molar-refractivity contribution is 5.25. The molecule has 5 heteroatoms. The summed E-state index contributed by atoms with van der Waals surface area (Å²) in [5, 5.41) is 11.0. The van der Waals surface area contributed by atoms with Crippen molar-refractivity contribution in [2.45, 2.75) is 38.3 Å². The molecule has 76 valence electrons. The van der Waals surface area contributed by atoms with E-state index in [1.165, 1.54) is 0 Å². The van der Waals surface area contributed by atoms with Gasteiger partial charge in [-0.3, -0.25) is 0 Å². The van der Waals surface area contributed by atoms with Crippen molar-refractivity contribution < 1.29 is 0 Å². The molecule has 0 radical (unpaired) electrons. The molecule has 3 N–H and O–H groups in total. The zero-order chi connectivity index (χ0) is 9.97. The second-order valence-electron chi connectivity index (χ2n) is 3.84. The molecule has 0 aromatic carbocycles. The highest BCUT2D eigenvalue weighted by Crippen LogP contribution is 2.19. The van der Waals surface area contributed by atoms with Gasteiger partial charge in [-0.05, 0) is 26.2 Å². The standard InChI is InChI=1S/C9H15N5/c1-6-5-11-14-9(12-6)13-8-3-2-7(10)4-8/h5,7-8H,2-4,10H2,1H3,(H,12,13,14)/t7-,8-/m0/s1. The zero-order valence-electron chi connectivity index (χ0n) is 8.27. The van der Waals surface area contributed by atoms with Gasteiger partial charge in [-0.1, -0.05) is 0 Å². The highest BCUT2D eigenvalue weighted by atomic mass is 15.2. The molecule has 0 bridgehead atoms. The van der Waals surface area contributed by atoms with Crippen molar-refractivity contribution in [2.24, 2.45) is 5.73 Å². The molecular formula is C9H15N5. The van der Waals surface area contributed by atoms with Crippen LogP contribution in [0, 0.1) is 6.92 Å². The van der Waals surface area contributed by atoms with Crippen LogP contribution in [0.5, 0.6) is 0 Å².